The van der Waals surface area contributed by atoms with Gasteiger partial charge in [0.2, 0.25) is 0 Å². The first-order valence-corrected chi connectivity index (χ1v) is 11.6. The molecule has 0 aromatic rings. The van der Waals surface area contributed by atoms with Gasteiger partial charge in [0.15, 0.2) is 0 Å². The van der Waals surface area contributed by atoms with E-state index >= 15 is 0 Å². The summed E-state index contributed by atoms with van der Waals surface area (Å²) in [5, 5.41) is 0. The summed E-state index contributed by atoms with van der Waals surface area (Å²) in [6, 6.07) is -2.53. The van der Waals surface area contributed by atoms with Gasteiger partial charge in [0, 0.05) is 0 Å². The molecule has 2 rings (SSSR count). The van der Waals surface area contributed by atoms with Gasteiger partial charge in [-0.2, -0.15) is 0 Å². The molecule has 11 heteroatoms. The molecule has 0 aliphatic carbocycles. The predicted molar refractivity (Wildman–Crippen MR) is 55.3 cm³/mol. The van der Waals surface area contributed by atoms with Crippen molar-refractivity contribution in [3.8, 4) is 0 Å². The van der Waals surface area contributed by atoms with Crippen LogP contribution in [0.3, 0.4) is 0 Å². The Morgan fingerprint density at radius 1 is 0.789 bits per heavy atom. The molecule has 2 heterocycles. The Morgan fingerprint density at radius 3 is 1.53 bits per heavy atom. The Labute approximate surface area is 113 Å². The van der Waals surface area contributed by atoms with Gasteiger partial charge >= 0.3 is 113 Å². The molecule has 104 valence electrons. The fourth-order valence-electron chi connectivity index (χ4n) is 1.41. The molecule has 10 nitrogen and oxygen atoms in total. The van der Waals surface area contributed by atoms with Crippen LogP contribution in [-0.2, 0) is 29.9 Å². The molecular weight excluding hydrogens is 459 g/mol. The number of nitrogens with two attached hydrogens (primary N) is 2. The Hall–Kier alpha value is -1.28. The Kier molecular flexibility index (Phi) is 3.73. The van der Waals surface area contributed by atoms with E-state index in [9.17, 15) is 19.2 Å². The second-order valence-electron chi connectivity index (χ2n) is 3.91. The second-order valence-corrected chi connectivity index (χ2v) is 11.0. The number of hydrogen-bond acceptors (Lipinski definition) is 10. The molecule has 2 saturated heterocycles. The topological polar surface area (TPSA) is 157 Å². The minimum absolute atomic E-state index is 0.457. The zero-order chi connectivity index (χ0) is 14.2. The van der Waals surface area contributed by atoms with Gasteiger partial charge < -0.3 is 0 Å². The third-order valence-electron chi connectivity index (χ3n) is 2.31. The fraction of sp³-hybridized carbons (Fsp3) is 0.500. The standard InChI is InChI=1S/2C4H7NO4.Pb/c2*5-2(4(8)9)1-3(6)7;/h2*2H,1,5H2,(H,6,7)(H,8,9);/q;;+4/p-4. The third-order valence-corrected chi connectivity index (χ3v) is 9.53. The van der Waals surface area contributed by atoms with E-state index < -0.39 is 71.8 Å². The minimum atomic E-state index is -5.57. The van der Waals surface area contributed by atoms with E-state index in [1.807, 2.05) is 0 Å². The summed E-state index contributed by atoms with van der Waals surface area (Å²) in [5.74, 6) is -3.92. The first kappa shape index (κ1) is 14.1. The molecule has 0 saturated carbocycles. The van der Waals surface area contributed by atoms with Crippen LogP contribution in [0.15, 0.2) is 0 Å². The van der Waals surface area contributed by atoms with Crippen LogP contribution in [0.1, 0.15) is 12.8 Å². The fourth-order valence-corrected chi connectivity index (χ4v) is 8.29. The molecule has 0 aromatic heterocycles. The van der Waals surface area contributed by atoms with Crippen molar-refractivity contribution in [1.29, 1.82) is 0 Å². The maximum absolute atomic E-state index is 11.5. The van der Waals surface area contributed by atoms with Crippen molar-refractivity contribution < 1.29 is 29.9 Å². The summed E-state index contributed by atoms with van der Waals surface area (Å²) in [6.07, 6.45) is -0.913. The van der Waals surface area contributed by atoms with E-state index in [0.29, 0.717) is 0 Å². The summed E-state index contributed by atoms with van der Waals surface area (Å²) in [6.45, 7) is 0. The van der Waals surface area contributed by atoms with Crippen molar-refractivity contribution in [2.24, 2.45) is 11.5 Å². The van der Waals surface area contributed by atoms with Gasteiger partial charge in [-0.1, -0.05) is 0 Å². The molecule has 0 aromatic carbocycles. The first-order chi connectivity index (χ1) is 8.81. The van der Waals surface area contributed by atoms with E-state index in [-0.39, 0.29) is 0 Å². The van der Waals surface area contributed by atoms with Crippen LogP contribution in [0, 0.1) is 0 Å². The van der Waals surface area contributed by atoms with E-state index in [4.69, 9.17) is 22.2 Å². The molecule has 2 fully saturated rings. The van der Waals surface area contributed by atoms with Crippen LogP contribution in [-0.4, -0.2) is 58.9 Å². The SMILES string of the molecule is NC1CC(=O)[O][Pb]2([O]C(=O)CC(N)C(=O)[O]2)[O]C1=O. The maximum atomic E-state index is 11.5. The Balaban J connectivity index is 2.33. The molecule has 19 heavy (non-hydrogen) atoms. The van der Waals surface area contributed by atoms with Crippen molar-refractivity contribution in [1.82, 2.24) is 0 Å². The van der Waals surface area contributed by atoms with Crippen LogP contribution < -0.4 is 11.5 Å². The summed E-state index contributed by atoms with van der Waals surface area (Å²) >= 11 is -5.57. The van der Waals surface area contributed by atoms with Crippen LogP contribution >= 0.6 is 0 Å². The number of carbonyl (C=O) groups excluding carboxylic acids is 4. The molecular formula is C8H10N2O8Pb. The molecule has 0 radical (unpaired) electrons. The van der Waals surface area contributed by atoms with E-state index in [0.717, 1.165) is 0 Å². The molecule has 2 unspecified atom stereocenters. The van der Waals surface area contributed by atoms with Crippen molar-refractivity contribution in [3.05, 3.63) is 0 Å². The van der Waals surface area contributed by atoms with Gasteiger partial charge in [-0.3, -0.25) is 0 Å². The van der Waals surface area contributed by atoms with Gasteiger partial charge in [0.05, 0.1) is 0 Å². The summed E-state index contributed by atoms with van der Waals surface area (Å²) < 4.78 is 19.1. The average molecular weight is 469 g/mol. The van der Waals surface area contributed by atoms with E-state index in [2.05, 4.69) is 0 Å². The van der Waals surface area contributed by atoms with Gasteiger partial charge in [-0.05, 0) is 0 Å². The number of carbonyl (C=O) groups is 4. The summed E-state index contributed by atoms with van der Waals surface area (Å²) in [5.41, 5.74) is 10.7. The molecule has 2 aliphatic rings. The Bertz CT molecular complexity index is 424. The van der Waals surface area contributed by atoms with Crippen LogP contribution in [0.4, 0.5) is 0 Å². The quantitative estimate of drug-likeness (QED) is 0.352. The van der Waals surface area contributed by atoms with Crippen LogP contribution in [0.25, 0.3) is 0 Å². The molecule has 0 amide bonds. The first-order valence-electron chi connectivity index (χ1n) is 5.22. The zero-order valence-corrected chi connectivity index (χ0v) is 13.4. The zero-order valence-electron chi connectivity index (χ0n) is 9.49. The number of hydrogen-bond donors (Lipinski definition) is 2. The molecule has 1 spiro atoms. The van der Waals surface area contributed by atoms with Crippen molar-refractivity contribution in [3.63, 3.8) is 0 Å². The van der Waals surface area contributed by atoms with Gasteiger partial charge in [-0.25, -0.2) is 0 Å². The van der Waals surface area contributed by atoms with E-state index in [1.165, 1.54) is 0 Å². The molecule has 2 aliphatic heterocycles. The predicted octanol–water partition coefficient (Wildman–Crippen LogP) is -2.94. The van der Waals surface area contributed by atoms with Crippen LogP contribution in [0.5, 0.6) is 0 Å². The van der Waals surface area contributed by atoms with Crippen LogP contribution in [0.2, 0.25) is 0 Å². The van der Waals surface area contributed by atoms with Gasteiger partial charge in [0.1, 0.15) is 0 Å². The normalized spacial score (nSPS) is 35.7. The van der Waals surface area contributed by atoms with E-state index in [1.54, 1.807) is 0 Å². The van der Waals surface area contributed by atoms with Gasteiger partial charge in [0.25, 0.3) is 0 Å². The van der Waals surface area contributed by atoms with Crippen molar-refractivity contribution >= 4 is 46.9 Å². The molecule has 2 atom stereocenters. The summed E-state index contributed by atoms with van der Waals surface area (Å²) in [4.78, 5) is 45.9. The van der Waals surface area contributed by atoms with Gasteiger partial charge in [-0.15, -0.1) is 0 Å². The monoisotopic (exact) mass is 470 g/mol. The average Bonchev–Trinajstić information content (AvgIpc) is 2.41. The number of rotatable bonds is 0. The molecule has 4 N–H and O–H groups in total. The van der Waals surface area contributed by atoms with Crippen molar-refractivity contribution in [2.75, 3.05) is 0 Å². The van der Waals surface area contributed by atoms with Crippen molar-refractivity contribution in [2.45, 2.75) is 24.9 Å². The molecule has 0 bridgehead atoms. The third kappa shape index (κ3) is 3.01. The Morgan fingerprint density at radius 2 is 1.16 bits per heavy atom. The second kappa shape index (κ2) is 5.01. The summed E-state index contributed by atoms with van der Waals surface area (Å²) in [7, 11) is 0.